The second-order valence-corrected chi connectivity index (χ2v) is 10.8. The second kappa shape index (κ2) is 17.6. The zero-order valence-electron chi connectivity index (χ0n) is 24.3. The monoisotopic (exact) mass is 549 g/mol. The van der Waals surface area contributed by atoms with E-state index in [-0.39, 0.29) is 5.75 Å². The van der Waals surface area contributed by atoms with Crippen molar-refractivity contribution >= 4 is 5.97 Å². The molecule has 1 aromatic heterocycles. The highest BCUT2D eigenvalue weighted by Gasteiger charge is 2.20. The molecule has 0 aliphatic heterocycles. The third kappa shape index (κ3) is 10.1. The summed E-state index contributed by atoms with van der Waals surface area (Å²) in [4.78, 5) is 17.2. The van der Waals surface area contributed by atoms with Crippen molar-refractivity contribution in [1.29, 1.82) is 0 Å². The molecular formula is C35H45F2NO2. The van der Waals surface area contributed by atoms with Crippen molar-refractivity contribution in [1.82, 2.24) is 4.98 Å². The number of carbonyl (C=O) groups is 1. The lowest BCUT2D eigenvalue weighted by Gasteiger charge is -2.10. The van der Waals surface area contributed by atoms with E-state index in [1.54, 1.807) is 24.3 Å². The van der Waals surface area contributed by atoms with Crippen molar-refractivity contribution in [2.24, 2.45) is 0 Å². The van der Waals surface area contributed by atoms with Gasteiger partial charge in [-0.2, -0.15) is 0 Å². The van der Waals surface area contributed by atoms with Gasteiger partial charge in [0.15, 0.2) is 11.6 Å². The van der Waals surface area contributed by atoms with Crippen LogP contribution in [0.15, 0.2) is 54.7 Å². The van der Waals surface area contributed by atoms with Crippen molar-refractivity contribution in [3.05, 3.63) is 83.1 Å². The number of rotatable bonds is 18. The van der Waals surface area contributed by atoms with E-state index in [4.69, 9.17) is 4.74 Å². The molecule has 0 fully saturated rings. The van der Waals surface area contributed by atoms with Crippen LogP contribution in [0.3, 0.4) is 0 Å². The molecule has 0 bridgehead atoms. The topological polar surface area (TPSA) is 39.2 Å². The molecule has 3 aromatic rings. The van der Waals surface area contributed by atoms with Gasteiger partial charge in [-0.05, 0) is 73.2 Å². The van der Waals surface area contributed by atoms with Gasteiger partial charge in [0, 0.05) is 11.8 Å². The maximum absolute atomic E-state index is 14.7. The summed E-state index contributed by atoms with van der Waals surface area (Å²) in [6.45, 7) is 4.41. The van der Waals surface area contributed by atoms with E-state index in [1.165, 1.54) is 81.9 Å². The maximum Gasteiger partial charge on any atom is 0.346 e. The molecule has 1 heterocycles. The molecule has 0 unspecified atom stereocenters. The minimum atomic E-state index is -1.15. The molecule has 0 saturated carbocycles. The number of esters is 1. The van der Waals surface area contributed by atoms with Crippen LogP contribution in [0, 0.1) is 11.6 Å². The molecule has 216 valence electrons. The average molecular weight is 550 g/mol. The van der Waals surface area contributed by atoms with Gasteiger partial charge in [0.1, 0.15) is 5.75 Å². The van der Waals surface area contributed by atoms with Gasteiger partial charge in [-0.25, -0.2) is 13.6 Å². The molecule has 3 nitrogen and oxygen atoms in total. The number of pyridine rings is 1. The van der Waals surface area contributed by atoms with Crippen LogP contribution in [0.1, 0.15) is 119 Å². The fourth-order valence-corrected chi connectivity index (χ4v) is 4.92. The summed E-state index contributed by atoms with van der Waals surface area (Å²) >= 11 is 0. The van der Waals surface area contributed by atoms with Crippen LogP contribution in [0.5, 0.6) is 5.75 Å². The normalized spacial score (nSPS) is 11.1. The van der Waals surface area contributed by atoms with Gasteiger partial charge in [-0.3, -0.25) is 4.98 Å². The number of unbranched alkanes of at least 4 members (excludes halogenated alkanes) is 11. The molecule has 0 radical (unpaired) electrons. The Hall–Kier alpha value is -3.08. The molecule has 40 heavy (non-hydrogen) atoms. The summed E-state index contributed by atoms with van der Waals surface area (Å²) in [7, 11) is 0. The molecule has 2 aromatic carbocycles. The fraction of sp³-hybridized carbons (Fsp3) is 0.486. The summed E-state index contributed by atoms with van der Waals surface area (Å²) in [5.74, 6) is -2.75. The van der Waals surface area contributed by atoms with Crippen molar-refractivity contribution in [3.8, 4) is 17.0 Å². The summed E-state index contributed by atoms with van der Waals surface area (Å²) in [5, 5.41) is 0. The zero-order valence-corrected chi connectivity index (χ0v) is 24.3. The quantitative estimate of drug-likeness (QED) is 0.0900. The van der Waals surface area contributed by atoms with E-state index in [9.17, 15) is 13.6 Å². The number of carbonyl (C=O) groups excluding carboxylic acids is 1. The van der Waals surface area contributed by atoms with Crippen LogP contribution in [-0.4, -0.2) is 11.0 Å². The highest BCUT2D eigenvalue weighted by Crippen LogP contribution is 2.24. The number of aryl methyl sites for hydroxylation is 2. The Labute approximate surface area is 239 Å². The van der Waals surface area contributed by atoms with E-state index in [0.717, 1.165) is 36.9 Å². The molecule has 5 heteroatoms. The van der Waals surface area contributed by atoms with Gasteiger partial charge < -0.3 is 4.74 Å². The predicted molar refractivity (Wildman–Crippen MR) is 160 cm³/mol. The first-order valence-corrected chi connectivity index (χ1v) is 15.3. The second-order valence-electron chi connectivity index (χ2n) is 10.8. The van der Waals surface area contributed by atoms with Crippen LogP contribution >= 0.6 is 0 Å². The SMILES string of the molecule is CCCCCCCCCc1ccc(C(=O)Oc2ccc(-c3ccc(CCCCCCCC)cn3)cc2)c(F)c1F. The number of ether oxygens (including phenoxy) is 1. The lowest BCUT2D eigenvalue weighted by molar-refractivity contribution is 0.0728. The van der Waals surface area contributed by atoms with Crippen molar-refractivity contribution < 1.29 is 18.3 Å². The van der Waals surface area contributed by atoms with E-state index < -0.39 is 23.2 Å². The molecule has 0 spiro atoms. The van der Waals surface area contributed by atoms with Gasteiger partial charge in [-0.15, -0.1) is 0 Å². The van der Waals surface area contributed by atoms with E-state index in [0.29, 0.717) is 12.0 Å². The van der Waals surface area contributed by atoms with Gasteiger partial charge >= 0.3 is 5.97 Å². The van der Waals surface area contributed by atoms with Crippen molar-refractivity contribution in [2.45, 2.75) is 110 Å². The summed E-state index contributed by atoms with van der Waals surface area (Å²) in [5.41, 5.74) is 2.85. The van der Waals surface area contributed by atoms with E-state index in [2.05, 4.69) is 24.9 Å². The Kier molecular flexibility index (Phi) is 13.8. The van der Waals surface area contributed by atoms with E-state index in [1.807, 2.05) is 12.3 Å². The van der Waals surface area contributed by atoms with Crippen molar-refractivity contribution in [3.63, 3.8) is 0 Å². The molecule has 0 saturated heterocycles. The number of nitrogens with zero attached hydrogens (tertiary/aromatic N) is 1. The number of hydrogen-bond donors (Lipinski definition) is 0. The predicted octanol–water partition coefficient (Wildman–Crippen LogP) is 10.4. The molecule has 3 rings (SSSR count). The Morgan fingerprint density at radius 1 is 0.675 bits per heavy atom. The smallest absolute Gasteiger partial charge is 0.346 e. The first kappa shape index (κ1) is 31.4. The summed E-state index contributed by atoms with van der Waals surface area (Å²) in [6, 6.07) is 13.8. The van der Waals surface area contributed by atoms with Crippen LogP contribution in [0.4, 0.5) is 8.78 Å². The third-order valence-electron chi connectivity index (χ3n) is 7.44. The molecule has 0 atom stereocenters. The fourth-order valence-electron chi connectivity index (χ4n) is 4.92. The highest BCUT2D eigenvalue weighted by molar-refractivity contribution is 5.91. The van der Waals surface area contributed by atoms with Gasteiger partial charge in [-0.1, -0.05) is 96.6 Å². The lowest BCUT2D eigenvalue weighted by Crippen LogP contribution is -2.13. The van der Waals surface area contributed by atoms with Crippen molar-refractivity contribution in [2.75, 3.05) is 0 Å². The Bertz CT molecular complexity index is 1160. The standard InChI is InChI=1S/C35H45F2NO2/c1-3-5-7-9-11-13-15-17-29-21-24-31(34(37)33(29)36)35(39)40-30-22-19-28(20-23-30)32-25-18-27(26-38-32)16-14-12-10-8-6-4-2/h18-26H,3-17H2,1-2H3. The molecular weight excluding hydrogens is 504 g/mol. The van der Waals surface area contributed by atoms with Crippen LogP contribution < -0.4 is 4.74 Å². The third-order valence-corrected chi connectivity index (χ3v) is 7.44. The minimum Gasteiger partial charge on any atom is -0.423 e. The molecule has 0 amide bonds. The molecule has 0 N–H and O–H groups in total. The van der Waals surface area contributed by atoms with Crippen LogP contribution in [0.2, 0.25) is 0 Å². The molecule has 0 aliphatic carbocycles. The summed E-state index contributed by atoms with van der Waals surface area (Å²) in [6.07, 6.45) is 18.8. The van der Waals surface area contributed by atoms with Gasteiger partial charge in [0.2, 0.25) is 0 Å². The largest absolute Gasteiger partial charge is 0.423 e. The highest BCUT2D eigenvalue weighted by atomic mass is 19.2. The first-order valence-electron chi connectivity index (χ1n) is 15.3. The van der Waals surface area contributed by atoms with Gasteiger partial charge in [0.05, 0.1) is 11.3 Å². The van der Waals surface area contributed by atoms with Crippen LogP contribution in [-0.2, 0) is 12.8 Å². The van der Waals surface area contributed by atoms with Gasteiger partial charge in [0.25, 0.3) is 0 Å². The first-order chi connectivity index (χ1) is 19.5. The lowest BCUT2D eigenvalue weighted by atomic mass is 10.0. The van der Waals surface area contributed by atoms with Crippen LogP contribution in [0.25, 0.3) is 11.3 Å². The maximum atomic E-state index is 14.7. The Balaban J connectivity index is 1.49. The summed E-state index contributed by atoms with van der Waals surface area (Å²) < 4.78 is 34.7. The number of benzene rings is 2. The Morgan fingerprint density at radius 3 is 1.88 bits per heavy atom. The zero-order chi connectivity index (χ0) is 28.6. The number of aromatic nitrogens is 1. The Morgan fingerprint density at radius 2 is 1.27 bits per heavy atom. The molecule has 0 aliphatic rings. The number of halogens is 2. The average Bonchev–Trinajstić information content (AvgIpc) is 2.97. The number of hydrogen-bond acceptors (Lipinski definition) is 3. The van der Waals surface area contributed by atoms with E-state index >= 15 is 0 Å². The minimum absolute atomic E-state index is 0.264.